The van der Waals surface area contributed by atoms with Crippen molar-refractivity contribution < 1.29 is 24.5 Å². The van der Waals surface area contributed by atoms with Crippen LogP contribution in [0.4, 0.5) is 0 Å². The molecule has 200 valence electrons. The van der Waals surface area contributed by atoms with Gasteiger partial charge in [0.25, 0.3) is 0 Å². The third kappa shape index (κ3) is 7.84. The van der Waals surface area contributed by atoms with E-state index in [1.54, 1.807) is 7.11 Å². The Morgan fingerprint density at radius 1 is 1.05 bits per heavy atom. The Morgan fingerprint density at radius 2 is 1.73 bits per heavy atom. The summed E-state index contributed by atoms with van der Waals surface area (Å²) >= 11 is 1.98. The van der Waals surface area contributed by atoms with E-state index in [1.165, 1.54) is 0 Å². The van der Waals surface area contributed by atoms with Gasteiger partial charge >= 0.3 is 5.97 Å². The number of ether oxygens (including phenoxy) is 2. The van der Waals surface area contributed by atoms with E-state index in [0.717, 1.165) is 59.9 Å². The zero-order chi connectivity index (χ0) is 26.0. The van der Waals surface area contributed by atoms with Crippen molar-refractivity contribution >= 4 is 17.7 Å². The number of aliphatic hydroxyl groups excluding tert-OH is 1. The number of rotatable bonds is 12. The standard InChI is InChI=1S/C30H39NO5S/c1-35-25-14-12-24(13-15-25)23-10-8-22(9-11-23)21-36-28-20-27(32)30(31-16-18-37-19-17-31)26(28)6-4-2-3-5-7-29(33)34/h2,4,8-15,26-28,30,32H,3,5-7,16-21H2,1H3,(H,33,34)/t26-,27+,28-,30+/m0/s1. The summed E-state index contributed by atoms with van der Waals surface area (Å²) in [6.45, 7) is 2.53. The van der Waals surface area contributed by atoms with Gasteiger partial charge in [0.05, 0.1) is 25.9 Å². The van der Waals surface area contributed by atoms with Gasteiger partial charge in [-0.2, -0.15) is 11.8 Å². The third-order valence-corrected chi connectivity index (χ3v) is 8.37. The van der Waals surface area contributed by atoms with Crippen molar-refractivity contribution in [2.75, 3.05) is 31.7 Å². The van der Waals surface area contributed by atoms with E-state index < -0.39 is 12.1 Å². The minimum atomic E-state index is -0.749. The Bertz CT molecular complexity index is 1000. The smallest absolute Gasteiger partial charge is 0.303 e. The third-order valence-electron chi connectivity index (χ3n) is 7.43. The lowest BCUT2D eigenvalue weighted by molar-refractivity contribution is -0.137. The molecule has 2 N–H and O–H groups in total. The molecule has 2 aromatic rings. The second-order valence-corrected chi connectivity index (χ2v) is 11.1. The molecule has 0 bridgehead atoms. The van der Waals surface area contributed by atoms with Crippen LogP contribution in [0.5, 0.6) is 5.75 Å². The molecule has 1 heterocycles. The summed E-state index contributed by atoms with van der Waals surface area (Å²) in [7, 11) is 1.67. The van der Waals surface area contributed by atoms with E-state index in [-0.39, 0.29) is 24.5 Å². The van der Waals surface area contributed by atoms with Gasteiger partial charge in [-0.1, -0.05) is 48.6 Å². The molecule has 6 nitrogen and oxygen atoms in total. The minimum absolute atomic E-state index is 0.0143. The van der Waals surface area contributed by atoms with Crippen LogP contribution in [0.2, 0.25) is 0 Å². The van der Waals surface area contributed by atoms with Crippen molar-refractivity contribution in [3.05, 3.63) is 66.2 Å². The lowest BCUT2D eigenvalue weighted by atomic mass is 9.95. The van der Waals surface area contributed by atoms with Gasteiger partial charge in [-0.3, -0.25) is 9.69 Å². The SMILES string of the molecule is COc1ccc(-c2ccc(CO[C@H]3C[C@@H](O)[C@H](N4CCSCC4)[C@H]3CC=CCCCC(=O)O)cc2)cc1. The molecule has 4 atom stereocenters. The molecule has 0 unspecified atom stereocenters. The van der Waals surface area contributed by atoms with Crippen molar-refractivity contribution in [3.8, 4) is 16.9 Å². The number of carboxylic acid groups (broad SMARTS) is 1. The first kappa shape index (κ1) is 27.7. The number of aliphatic hydroxyl groups is 1. The van der Waals surface area contributed by atoms with Crippen molar-refractivity contribution in [1.29, 1.82) is 0 Å². The number of aliphatic carboxylic acids is 1. The molecule has 2 aromatic carbocycles. The summed E-state index contributed by atoms with van der Waals surface area (Å²) in [6.07, 6.45) is 6.94. The first-order chi connectivity index (χ1) is 18.0. The molecule has 1 saturated heterocycles. The molecule has 1 aliphatic carbocycles. The summed E-state index contributed by atoms with van der Waals surface area (Å²) in [5.74, 6) is 2.52. The van der Waals surface area contributed by atoms with E-state index in [9.17, 15) is 9.90 Å². The maximum atomic E-state index is 11.1. The van der Waals surface area contributed by atoms with Crippen molar-refractivity contribution in [2.24, 2.45) is 5.92 Å². The number of unbranched alkanes of at least 4 members (excludes halogenated alkanes) is 1. The summed E-state index contributed by atoms with van der Waals surface area (Å²) in [5.41, 5.74) is 3.41. The lowest BCUT2D eigenvalue weighted by Gasteiger charge is -2.37. The monoisotopic (exact) mass is 525 g/mol. The fraction of sp³-hybridized carbons (Fsp3) is 0.500. The first-order valence-electron chi connectivity index (χ1n) is 13.3. The number of allylic oxidation sites excluding steroid dienone is 2. The van der Waals surface area contributed by atoms with Crippen LogP contribution in [-0.4, -0.2) is 71.0 Å². The van der Waals surface area contributed by atoms with Gasteiger partial charge in [0.15, 0.2) is 0 Å². The van der Waals surface area contributed by atoms with Gasteiger partial charge in [0.1, 0.15) is 5.75 Å². The van der Waals surface area contributed by atoms with E-state index in [4.69, 9.17) is 14.6 Å². The predicted molar refractivity (Wildman–Crippen MR) is 149 cm³/mol. The van der Waals surface area contributed by atoms with Crippen LogP contribution < -0.4 is 4.74 Å². The van der Waals surface area contributed by atoms with Crippen LogP contribution in [-0.2, 0) is 16.1 Å². The molecule has 37 heavy (non-hydrogen) atoms. The molecule has 0 spiro atoms. The van der Waals surface area contributed by atoms with E-state index in [1.807, 2.05) is 23.9 Å². The molecule has 0 radical (unpaired) electrons. The van der Waals surface area contributed by atoms with Crippen LogP contribution in [0.25, 0.3) is 11.1 Å². The summed E-state index contributed by atoms with van der Waals surface area (Å²) in [5, 5.41) is 19.9. The molecule has 7 heteroatoms. The fourth-order valence-electron chi connectivity index (χ4n) is 5.45. The van der Waals surface area contributed by atoms with Crippen LogP contribution >= 0.6 is 11.8 Å². The first-order valence-corrected chi connectivity index (χ1v) is 14.4. The van der Waals surface area contributed by atoms with Gasteiger partial charge in [0.2, 0.25) is 0 Å². The Morgan fingerprint density at radius 3 is 2.38 bits per heavy atom. The van der Waals surface area contributed by atoms with Crippen LogP contribution in [0.1, 0.15) is 37.7 Å². The molecule has 2 aliphatic rings. The largest absolute Gasteiger partial charge is 0.497 e. The number of nitrogens with zero attached hydrogens (tertiary/aromatic N) is 1. The average Bonchev–Trinajstić information content (AvgIpc) is 3.24. The van der Waals surface area contributed by atoms with Crippen LogP contribution in [0.3, 0.4) is 0 Å². The second-order valence-electron chi connectivity index (χ2n) is 9.87. The number of hydrogen-bond acceptors (Lipinski definition) is 6. The Hall–Kier alpha value is -2.32. The number of carboxylic acids is 1. The average molecular weight is 526 g/mol. The second kappa shape index (κ2) is 14.0. The Balaban J connectivity index is 1.38. The fourth-order valence-corrected chi connectivity index (χ4v) is 6.38. The van der Waals surface area contributed by atoms with Crippen molar-refractivity contribution in [2.45, 2.75) is 57.0 Å². The molecule has 4 rings (SSSR count). The highest BCUT2D eigenvalue weighted by atomic mass is 32.2. The quantitative estimate of drug-likeness (QED) is 0.290. The molecule has 0 aromatic heterocycles. The molecular weight excluding hydrogens is 486 g/mol. The predicted octanol–water partition coefficient (Wildman–Crippen LogP) is 5.25. The van der Waals surface area contributed by atoms with Gasteiger partial charge in [-0.05, 0) is 48.1 Å². The number of carbonyl (C=O) groups is 1. The Kier molecular flexibility index (Phi) is 10.5. The van der Waals surface area contributed by atoms with Crippen molar-refractivity contribution in [3.63, 3.8) is 0 Å². The van der Waals surface area contributed by atoms with E-state index in [2.05, 4.69) is 53.5 Å². The molecule has 1 saturated carbocycles. The summed E-state index contributed by atoms with van der Waals surface area (Å²) < 4.78 is 11.7. The number of thioether (sulfide) groups is 1. The maximum absolute atomic E-state index is 11.1. The van der Waals surface area contributed by atoms with Gasteiger partial charge < -0.3 is 19.7 Å². The highest BCUT2D eigenvalue weighted by Gasteiger charge is 2.45. The molecule has 1 aliphatic heterocycles. The minimum Gasteiger partial charge on any atom is -0.497 e. The van der Waals surface area contributed by atoms with Gasteiger partial charge in [-0.15, -0.1) is 0 Å². The zero-order valence-electron chi connectivity index (χ0n) is 21.6. The summed E-state index contributed by atoms with van der Waals surface area (Å²) in [6, 6.07) is 16.6. The number of hydrogen-bond donors (Lipinski definition) is 2. The van der Waals surface area contributed by atoms with Gasteiger partial charge in [0, 0.05) is 49.4 Å². The molecule has 2 fully saturated rings. The number of methoxy groups -OCH3 is 1. The highest BCUT2D eigenvalue weighted by Crippen LogP contribution is 2.37. The zero-order valence-corrected chi connectivity index (χ0v) is 22.4. The van der Waals surface area contributed by atoms with Gasteiger partial charge in [-0.25, -0.2) is 0 Å². The van der Waals surface area contributed by atoms with Crippen LogP contribution in [0.15, 0.2) is 60.7 Å². The maximum Gasteiger partial charge on any atom is 0.303 e. The van der Waals surface area contributed by atoms with Crippen molar-refractivity contribution in [1.82, 2.24) is 4.90 Å². The topological polar surface area (TPSA) is 79.2 Å². The van der Waals surface area contributed by atoms with E-state index in [0.29, 0.717) is 19.4 Å². The van der Waals surface area contributed by atoms with E-state index >= 15 is 0 Å². The molecular formula is C30H39NO5S. The lowest BCUT2D eigenvalue weighted by Crippen LogP contribution is -2.48. The normalized spacial score (nSPS) is 24.5. The Labute approximate surface area is 224 Å². The molecule has 0 amide bonds. The highest BCUT2D eigenvalue weighted by molar-refractivity contribution is 7.99. The number of benzene rings is 2. The van der Waals surface area contributed by atoms with Crippen LogP contribution in [0, 0.1) is 5.92 Å². The summed E-state index contributed by atoms with van der Waals surface area (Å²) in [4.78, 5) is 13.2.